The lowest BCUT2D eigenvalue weighted by atomic mass is 10.5. The minimum absolute atomic E-state index is 0.171. The number of nitrogens with one attached hydrogen (secondary N) is 3. The Bertz CT molecular complexity index is 641. The summed E-state index contributed by atoms with van der Waals surface area (Å²) in [5.41, 5.74) is -0.901. The maximum Gasteiger partial charge on any atom is 0.265 e. The van der Waals surface area contributed by atoms with E-state index in [4.69, 9.17) is 0 Å². The lowest BCUT2D eigenvalue weighted by Crippen LogP contribution is -2.35. The molecule has 0 unspecified atom stereocenters. The molecule has 0 fully saturated rings. The summed E-state index contributed by atoms with van der Waals surface area (Å²) in [6, 6.07) is 2.20. The third-order valence-corrected chi connectivity index (χ3v) is 2.11. The van der Waals surface area contributed by atoms with Crippen molar-refractivity contribution in [3.63, 3.8) is 0 Å². The zero-order valence-electron chi connectivity index (χ0n) is 9.21. The summed E-state index contributed by atoms with van der Waals surface area (Å²) in [5, 5.41) is 11.0. The fourth-order valence-electron chi connectivity index (χ4n) is 1.28. The highest BCUT2D eigenvalue weighted by atomic mass is 16.2. The van der Waals surface area contributed by atoms with Gasteiger partial charge in [-0.15, -0.1) is 0 Å². The molecule has 0 atom stereocenters. The molecule has 2 aromatic heterocycles. The van der Waals surface area contributed by atoms with Gasteiger partial charge in [-0.3, -0.25) is 24.6 Å². The summed E-state index contributed by atoms with van der Waals surface area (Å²) in [6.07, 6.45) is 1.32. The van der Waals surface area contributed by atoms with E-state index in [9.17, 15) is 14.4 Å². The van der Waals surface area contributed by atoms with Crippen LogP contribution in [0.25, 0.3) is 0 Å². The number of amides is 1. The van der Waals surface area contributed by atoms with Gasteiger partial charge >= 0.3 is 0 Å². The predicted octanol–water partition coefficient (Wildman–Crippen LogP) is -2.03. The summed E-state index contributed by atoms with van der Waals surface area (Å²) in [4.78, 5) is 37.7. The second-order valence-electron chi connectivity index (χ2n) is 3.44. The second kappa shape index (κ2) is 5.08. The molecule has 2 rings (SSSR count). The van der Waals surface area contributed by atoms with Gasteiger partial charge < -0.3 is 5.32 Å². The van der Waals surface area contributed by atoms with Gasteiger partial charge in [-0.05, 0) is 0 Å². The molecule has 3 N–H and O–H groups in total. The van der Waals surface area contributed by atoms with E-state index < -0.39 is 17.0 Å². The lowest BCUT2D eigenvalue weighted by molar-refractivity contribution is -0.122. The topological polar surface area (TPSA) is 126 Å². The monoisotopic (exact) mass is 250 g/mol. The third kappa shape index (κ3) is 2.90. The van der Waals surface area contributed by atoms with Crippen LogP contribution in [0.1, 0.15) is 5.82 Å². The minimum atomic E-state index is -0.454. The van der Waals surface area contributed by atoms with Gasteiger partial charge in [-0.2, -0.15) is 5.10 Å². The first kappa shape index (κ1) is 11.8. The fourth-order valence-corrected chi connectivity index (χ4v) is 1.28. The number of rotatable bonds is 4. The van der Waals surface area contributed by atoms with Crippen molar-refractivity contribution in [1.29, 1.82) is 0 Å². The molecule has 0 aliphatic heterocycles. The quantitative estimate of drug-likeness (QED) is 0.577. The first-order chi connectivity index (χ1) is 8.65. The van der Waals surface area contributed by atoms with Crippen molar-refractivity contribution in [2.75, 3.05) is 0 Å². The molecule has 0 aliphatic rings. The molecule has 0 spiro atoms. The van der Waals surface area contributed by atoms with Crippen LogP contribution in [0.5, 0.6) is 0 Å². The van der Waals surface area contributed by atoms with Gasteiger partial charge in [0.25, 0.3) is 11.1 Å². The van der Waals surface area contributed by atoms with Crippen LogP contribution < -0.4 is 16.4 Å². The van der Waals surface area contributed by atoms with Crippen molar-refractivity contribution in [2.45, 2.75) is 13.1 Å². The maximum absolute atomic E-state index is 11.5. The molecule has 2 heterocycles. The van der Waals surface area contributed by atoms with Crippen LogP contribution in [0.2, 0.25) is 0 Å². The maximum atomic E-state index is 11.5. The van der Waals surface area contributed by atoms with Crippen LogP contribution >= 0.6 is 0 Å². The van der Waals surface area contributed by atoms with E-state index in [0.717, 1.165) is 16.8 Å². The van der Waals surface area contributed by atoms with Crippen LogP contribution in [-0.4, -0.2) is 30.9 Å². The smallest absolute Gasteiger partial charge is 0.265 e. The van der Waals surface area contributed by atoms with Crippen molar-refractivity contribution in [3.05, 3.63) is 45.0 Å². The van der Waals surface area contributed by atoms with Gasteiger partial charge in [-0.1, -0.05) is 0 Å². The molecule has 0 bridgehead atoms. The Labute approximate surface area is 99.9 Å². The van der Waals surface area contributed by atoms with E-state index in [1.807, 2.05) is 0 Å². The summed E-state index contributed by atoms with van der Waals surface area (Å²) in [6.45, 7) is -0.0896. The van der Waals surface area contributed by atoms with Crippen molar-refractivity contribution >= 4 is 5.91 Å². The summed E-state index contributed by atoms with van der Waals surface area (Å²) >= 11 is 0. The average Bonchev–Trinajstić information content (AvgIpc) is 2.84. The Balaban J connectivity index is 1.97. The van der Waals surface area contributed by atoms with E-state index in [-0.39, 0.29) is 13.1 Å². The van der Waals surface area contributed by atoms with Crippen molar-refractivity contribution in [3.8, 4) is 0 Å². The van der Waals surface area contributed by atoms with E-state index in [0.29, 0.717) is 5.82 Å². The number of hydrogen-bond donors (Lipinski definition) is 3. The average molecular weight is 250 g/mol. The Hall–Kier alpha value is -2.71. The normalized spacial score (nSPS) is 10.2. The largest absolute Gasteiger partial charge is 0.347 e. The molecule has 9 nitrogen and oxygen atoms in total. The van der Waals surface area contributed by atoms with Gasteiger partial charge in [0.05, 0.1) is 6.54 Å². The molecule has 0 radical (unpaired) electrons. The minimum Gasteiger partial charge on any atom is -0.347 e. The third-order valence-electron chi connectivity index (χ3n) is 2.11. The predicted molar refractivity (Wildman–Crippen MR) is 59.6 cm³/mol. The Kier molecular flexibility index (Phi) is 3.32. The number of hydrogen-bond acceptors (Lipinski definition) is 5. The van der Waals surface area contributed by atoms with Crippen molar-refractivity contribution in [1.82, 2.24) is 30.3 Å². The number of H-pyrrole nitrogens is 2. The number of nitrogens with zero attached hydrogens (tertiary/aromatic N) is 3. The molecule has 1 amide bonds. The highest BCUT2D eigenvalue weighted by Gasteiger charge is 2.05. The molecule has 9 heteroatoms. The molecule has 0 aliphatic carbocycles. The zero-order valence-corrected chi connectivity index (χ0v) is 9.21. The fraction of sp³-hybridized carbons (Fsp3) is 0.222. The SMILES string of the molecule is O=C(Cn1[nH]c(=O)ccc1=O)NCc1ncn[nH]1. The highest BCUT2D eigenvalue weighted by molar-refractivity contribution is 5.75. The Morgan fingerprint density at radius 3 is 2.94 bits per heavy atom. The number of aromatic nitrogens is 5. The lowest BCUT2D eigenvalue weighted by Gasteiger charge is -2.05. The van der Waals surface area contributed by atoms with Crippen LogP contribution in [-0.2, 0) is 17.9 Å². The van der Waals surface area contributed by atoms with E-state index >= 15 is 0 Å². The zero-order chi connectivity index (χ0) is 13.0. The van der Waals surface area contributed by atoms with E-state index in [1.54, 1.807) is 0 Å². The van der Waals surface area contributed by atoms with Crippen LogP contribution in [0.4, 0.5) is 0 Å². The van der Waals surface area contributed by atoms with Gasteiger partial charge in [0, 0.05) is 12.1 Å². The van der Waals surface area contributed by atoms with Crippen molar-refractivity contribution in [2.24, 2.45) is 0 Å². The van der Waals surface area contributed by atoms with E-state index in [2.05, 4.69) is 25.6 Å². The van der Waals surface area contributed by atoms with Gasteiger partial charge in [0.2, 0.25) is 5.91 Å². The van der Waals surface area contributed by atoms with Crippen LogP contribution in [0.15, 0.2) is 28.0 Å². The van der Waals surface area contributed by atoms with Gasteiger partial charge in [0.1, 0.15) is 18.7 Å². The standard InChI is InChI=1S/C9H10N6O3/c16-7-1-2-9(18)15(14-7)4-8(17)10-3-6-11-5-12-13-6/h1-2,5H,3-4H2,(H,10,17)(H,14,16)(H,11,12,13). The van der Waals surface area contributed by atoms with Crippen molar-refractivity contribution < 1.29 is 4.79 Å². The molecule has 0 saturated carbocycles. The number of carbonyl (C=O) groups excluding carboxylic acids is 1. The van der Waals surface area contributed by atoms with Crippen LogP contribution in [0.3, 0.4) is 0 Å². The number of aromatic amines is 2. The summed E-state index contributed by atoms with van der Waals surface area (Å²) < 4.78 is 0.929. The molecule has 94 valence electrons. The van der Waals surface area contributed by atoms with Crippen LogP contribution in [0, 0.1) is 0 Å². The molecule has 2 aromatic rings. The summed E-state index contributed by atoms with van der Waals surface area (Å²) in [5.74, 6) is 0.0765. The summed E-state index contributed by atoms with van der Waals surface area (Å²) in [7, 11) is 0. The molecular formula is C9H10N6O3. The number of carbonyl (C=O) groups is 1. The first-order valence-corrected chi connectivity index (χ1v) is 5.06. The second-order valence-corrected chi connectivity index (χ2v) is 3.44. The van der Waals surface area contributed by atoms with Gasteiger partial charge in [-0.25, -0.2) is 9.67 Å². The van der Waals surface area contributed by atoms with E-state index in [1.165, 1.54) is 6.33 Å². The molecule has 18 heavy (non-hydrogen) atoms. The molecular weight excluding hydrogens is 240 g/mol. The molecule has 0 saturated heterocycles. The Morgan fingerprint density at radius 2 is 2.22 bits per heavy atom. The molecule has 0 aromatic carbocycles. The van der Waals surface area contributed by atoms with Gasteiger partial charge in [0.15, 0.2) is 0 Å². The first-order valence-electron chi connectivity index (χ1n) is 5.06. The Morgan fingerprint density at radius 1 is 1.39 bits per heavy atom. The highest BCUT2D eigenvalue weighted by Crippen LogP contribution is 1.84.